The number of ketones is 2. The lowest BCUT2D eigenvalue weighted by atomic mass is 9.95. The Morgan fingerprint density at radius 3 is 1.56 bits per heavy atom. The van der Waals surface area contributed by atoms with Crippen molar-refractivity contribution in [2.24, 2.45) is 5.92 Å². The molecule has 0 radical (unpaired) electrons. The highest BCUT2D eigenvalue weighted by atomic mass is 16.1. The number of rotatable bonds is 0. The first-order valence-corrected chi connectivity index (χ1v) is 6.72. The van der Waals surface area contributed by atoms with Crippen molar-refractivity contribution >= 4 is 11.6 Å². The molecule has 0 spiro atoms. The summed E-state index contributed by atoms with van der Waals surface area (Å²) in [6.07, 6.45) is 9.52. The quantitative estimate of drug-likeness (QED) is 0.629. The van der Waals surface area contributed by atoms with E-state index in [1.165, 1.54) is 25.7 Å². The maximum Gasteiger partial charge on any atom is 0.133 e. The molecule has 0 aromatic carbocycles. The molecule has 0 aliphatic heterocycles. The zero-order valence-electron chi connectivity index (χ0n) is 10.5. The van der Waals surface area contributed by atoms with E-state index >= 15 is 0 Å². The van der Waals surface area contributed by atoms with Crippen molar-refractivity contribution in [3.05, 3.63) is 0 Å². The minimum absolute atomic E-state index is 0.251. The van der Waals surface area contributed by atoms with Gasteiger partial charge in [-0.25, -0.2) is 0 Å². The molecule has 1 rings (SSSR count). The summed E-state index contributed by atoms with van der Waals surface area (Å²) < 4.78 is 0. The average Bonchev–Trinajstić information content (AvgIpc) is 2.21. The monoisotopic (exact) mass is 224 g/mol. The van der Waals surface area contributed by atoms with Gasteiger partial charge >= 0.3 is 0 Å². The first kappa shape index (κ1) is 13.4. The van der Waals surface area contributed by atoms with E-state index in [1.807, 2.05) is 6.92 Å². The highest BCUT2D eigenvalue weighted by Gasteiger charge is 2.13. The summed E-state index contributed by atoms with van der Waals surface area (Å²) in [5, 5.41) is 0. The Morgan fingerprint density at radius 1 is 0.750 bits per heavy atom. The molecule has 0 unspecified atom stereocenters. The fourth-order valence-electron chi connectivity index (χ4n) is 2.41. The second kappa shape index (κ2) is 7.59. The largest absolute Gasteiger partial charge is 0.300 e. The van der Waals surface area contributed by atoms with Crippen LogP contribution in [-0.4, -0.2) is 11.6 Å². The minimum Gasteiger partial charge on any atom is -0.300 e. The molecule has 1 aliphatic rings. The fourth-order valence-corrected chi connectivity index (χ4v) is 2.41. The zero-order valence-corrected chi connectivity index (χ0v) is 10.5. The van der Waals surface area contributed by atoms with Gasteiger partial charge in [-0.05, 0) is 18.8 Å². The number of carbonyl (C=O) groups excluding carboxylic acids is 2. The summed E-state index contributed by atoms with van der Waals surface area (Å²) in [6, 6.07) is 0. The van der Waals surface area contributed by atoms with E-state index in [4.69, 9.17) is 0 Å². The van der Waals surface area contributed by atoms with Crippen LogP contribution >= 0.6 is 0 Å². The molecule has 0 bridgehead atoms. The Hall–Kier alpha value is -0.660. The van der Waals surface area contributed by atoms with E-state index in [-0.39, 0.29) is 5.92 Å². The molecule has 0 N–H and O–H groups in total. The standard InChI is InChI=1S/C14H24O2/c1-12-10-13(15)8-6-4-2-3-5-7-9-14(16)11-12/h12H,2-11H2,1H3. The maximum atomic E-state index is 11.6. The summed E-state index contributed by atoms with van der Waals surface area (Å²) in [7, 11) is 0. The van der Waals surface area contributed by atoms with E-state index in [2.05, 4.69) is 0 Å². The predicted octanol–water partition coefficient (Wildman–Crippen LogP) is 3.68. The second-order valence-electron chi connectivity index (χ2n) is 5.21. The molecule has 1 saturated carbocycles. The molecule has 0 amide bonds. The van der Waals surface area contributed by atoms with Gasteiger partial charge < -0.3 is 0 Å². The van der Waals surface area contributed by atoms with Gasteiger partial charge in [0, 0.05) is 25.7 Å². The molecular formula is C14H24O2. The molecule has 0 atom stereocenters. The summed E-state index contributed by atoms with van der Waals surface area (Å²) >= 11 is 0. The molecule has 1 aliphatic carbocycles. The van der Waals surface area contributed by atoms with E-state index < -0.39 is 0 Å². The van der Waals surface area contributed by atoms with Gasteiger partial charge in [-0.1, -0.05) is 32.6 Å². The van der Waals surface area contributed by atoms with Crippen LogP contribution in [0.15, 0.2) is 0 Å². The van der Waals surface area contributed by atoms with Crippen molar-refractivity contribution in [3.63, 3.8) is 0 Å². The fraction of sp³-hybridized carbons (Fsp3) is 0.857. The van der Waals surface area contributed by atoms with Gasteiger partial charge in [-0.2, -0.15) is 0 Å². The molecule has 0 saturated heterocycles. The van der Waals surface area contributed by atoms with Crippen LogP contribution < -0.4 is 0 Å². The highest BCUT2D eigenvalue weighted by molar-refractivity contribution is 5.81. The van der Waals surface area contributed by atoms with E-state index in [0.717, 1.165) is 25.7 Å². The van der Waals surface area contributed by atoms with Crippen LogP contribution in [0.2, 0.25) is 0 Å². The topological polar surface area (TPSA) is 34.1 Å². The van der Waals surface area contributed by atoms with E-state index in [9.17, 15) is 9.59 Å². The third-order valence-corrected chi connectivity index (χ3v) is 3.31. The predicted molar refractivity (Wildman–Crippen MR) is 65.3 cm³/mol. The Morgan fingerprint density at radius 2 is 1.12 bits per heavy atom. The minimum atomic E-state index is 0.251. The molecule has 2 nitrogen and oxygen atoms in total. The first-order chi connectivity index (χ1) is 7.68. The third kappa shape index (κ3) is 6.04. The highest BCUT2D eigenvalue weighted by Crippen LogP contribution is 2.16. The van der Waals surface area contributed by atoms with E-state index in [1.54, 1.807) is 0 Å². The van der Waals surface area contributed by atoms with Gasteiger partial charge in [0.1, 0.15) is 11.6 Å². The third-order valence-electron chi connectivity index (χ3n) is 3.31. The molecule has 16 heavy (non-hydrogen) atoms. The van der Waals surface area contributed by atoms with Gasteiger partial charge in [-0.3, -0.25) is 9.59 Å². The van der Waals surface area contributed by atoms with Gasteiger partial charge in [0.15, 0.2) is 0 Å². The SMILES string of the molecule is CC1CC(=O)CCCCCCCCC(=O)C1. The van der Waals surface area contributed by atoms with Crippen LogP contribution in [0.5, 0.6) is 0 Å². The summed E-state index contributed by atoms with van der Waals surface area (Å²) in [6.45, 7) is 2.02. The number of hydrogen-bond acceptors (Lipinski definition) is 2. The van der Waals surface area contributed by atoms with Crippen molar-refractivity contribution in [1.82, 2.24) is 0 Å². The van der Waals surface area contributed by atoms with Crippen LogP contribution in [0.4, 0.5) is 0 Å². The molecule has 0 aromatic rings. The van der Waals surface area contributed by atoms with Crippen LogP contribution in [0.3, 0.4) is 0 Å². The average molecular weight is 224 g/mol. The Bertz CT molecular complexity index is 209. The Labute approximate surface area is 98.8 Å². The van der Waals surface area contributed by atoms with Crippen molar-refractivity contribution in [1.29, 1.82) is 0 Å². The molecule has 92 valence electrons. The first-order valence-electron chi connectivity index (χ1n) is 6.72. The lowest BCUT2D eigenvalue weighted by Crippen LogP contribution is -2.10. The van der Waals surface area contributed by atoms with Crippen LogP contribution in [0, 0.1) is 5.92 Å². The van der Waals surface area contributed by atoms with Gasteiger partial charge in [-0.15, -0.1) is 0 Å². The smallest absolute Gasteiger partial charge is 0.133 e. The maximum absolute atomic E-state index is 11.6. The Kier molecular flexibility index (Phi) is 6.36. The van der Waals surface area contributed by atoms with Crippen LogP contribution in [0.25, 0.3) is 0 Å². The molecule has 0 heterocycles. The van der Waals surface area contributed by atoms with Crippen LogP contribution in [0.1, 0.15) is 71.1 Å². The molecular weight excluding hydrogens is 200 g/mol. The number of hydrogen-bond donors (Lipinski definition) is 0. The summed E-state index contributed by atoms with van der Waals surface area (Å²) in [5.41, 5.74) is 0. The van der Waals surface area contributed by atoms with Gasteiger partial charge in [0.2, 0.25) is 0 Å². The van der Waals surface area contributed by atoms with E-state index in [0.29, 0.717) is 24.4 Å². The lowest BCUT2D eigenvalue weighted by Gasteiger charge is -2.09. The van der Waals surface area contributed by atoms with Crippen molar-refractivity contribution in [2.45, 2.75) is 71.1 Å². The lowest BCUT2D eigenvalue weighted by molar-refractivity contribution is -0.121. The molecule has 2 heteroatoms. The summed E-state index contributed by atoms with van der Waals surface area (Å²) in [5.74, 6) is 0.944. The van der Waals surface area contributed by atoms with Gasteiger partial charge in [0.25, 0.3) is 0 Å². The van der Waals surface area contributed by atoms with Crippen molar-refractivity contribution < 1.29 is 9.59 Å². The zero-order chi connectivity index (χ0) is 11.8. The van der Waals surface area contributed by atoms with Crippen molar-refractivity contribution in [3.8, 4) is 0 Å². The Balaban J connectivity index is 2.39. The van der Waals surface area contributed by atoms with Crippen LogP contribution in [-0.2, 0) is 9.59 Å². The molecule has 1 fully saturated rings. The number of Topliss-reactive ketones (excluding diaryl/α,β-unsaturated/α-hetero) is 2. The normalized spacial score (nSPS) is 23.3. The number of carbonyl (C=O) groups is 2. The van der Waals surface area contributed by atoms with Crippen molar-refractivity contribution in [2.75, 3.05) is 0 Å². The van der Waals surface area contributed by atoms with Gasteiger partial charge in [0.05, 0.1) is 0 Å². The second-order valence-corrected chi connectivity index (χ2v) is 5.21. The molecule has 0 aromatic heterocycles. The summed E-state index contributed by atoms with van der Waals surface area (Å²) in [4.78, 5) is 23.2.